The van der Waals surface area contributed by atoms with Gasteiger partial charge in [-0.1, -0.05) is 18.2 Å². The van der Waals surface area contributed by atoms with Gasteiger partial charge >= 0.3 is 5.97 Å². The van der Waals surface area contributed by atoms with Crippen LogP contribution in [0.15, 0.2) is 24.3 Å². The van der Waals surface area contributed by atoms with Crippen LogP contribution in [0.2, 0.25) is 0 Å². The van der Waals surface area contributed by atoms with Crippen LogP contribution < -0.4 is 4.90 Å². The van der Waals surface area contributed by atoms with E-state index in [1.807, 2.05) is 24.3 Å². The van der Waals surface area contributed by atoms with Crippen molar-refractivity contribution >= 4 is 17.6 Å². The van der Waals surface area contributed by atoms with Crippen LogP contribution in [-0.2, 0) is 14.3 Å². The molecule has 22 heavy (non-hydrogen) atoms. The summed E-state index contributed by atoms with van der Waals surface area (Å²) in [6.07, 6.45) is 0.606. The van der Waals surface area contributed by atoms with Gasteiger partial charge in [0.1, 0.15) is 5.92 Å². The number of nitrogens with zero attached hydrogens (tertiary/aromatic N) is 1. The van der Waals surface area contributed by atoms with Crippen LogP contribution in [0, 0.1) is 0 Å². The number of carbonyl (C=O) groups is 2. The summed E-state index contributed by atoms with van der Waals surface area (Å²) in [5.41, 5.74) is -0.748. The van der Waals surface area contributed by atoms with Crippen LogP contribution >= 0.6 is 0 Å². The molecule has 2 aliphatic rings. The van der Waals surface area contributed by atoms with Gasteiger partial charge in [-0.25, -0.2) is 0 Å². The second kappa shape index (κ2) is 4.81. The predicted molar refractivity (Wildman–Crippen MR) is 81.6 cm³/mol. The standard InChI is InChI=1S/C17H21NO4/c1-4-22-15(20)14-11-7-5-6-8-12(11)18-13(19)9-10-16(2,21)17(14,18)3/h5-8,14,21H,4,9-10H2,1-3H3/t14-,16-,17+/m0/s1. The summed E-state index contributed by atoms with van der Waals surface area (Å²) in [5.74, 6) is -1.13. The lowest BCUT2D eigenvalue weighted by Crippen LogP contribution is -2.67. The van der Waals surface area contributed by atoms with Crippen molar-refractivity contribution < 1.29 is 19.4 Å². The molecule has 1 saturated heterocycles. The fraction of sp³-hybridized carbons (Fsp3) is 0.529. The molecule has 0 bridgehead atoms. The van der Waals surface area contributed by atoms with E-state index in [0.29, 0.717) is 12.1 Å². The van der Waals surface area contributed by atoms with Crippen LogP contribution in [0.1, 0.15) is 45.1 Å². The number of anilines is 1. The number of para-hydroxylation sites is 1. The van der Waals surface area contributed by atoms with Gasteiger partial charge in [0.15, 0.2) is 0 Å². The van der Waals surface area contributed by atoms with E-state index in [9.17, 15) is 14.7 Å². The number of rotatable bonds is 2. The number of fused-ring (bicyclic) bond motifs is 3. The minimum atomic E-state index is -1.17. The Labute approximate surface area is 129 Å². The van der Waals surface area contributed by atoms with Crippen molar-refractivity contribution in [3.05, 3.63) is 29.8 Å². The zero-order valence-corrected chi connectivity index (χ0v) is 13.1. The van der Waals surface area contributed by atoms with Crippen molar-refractivity contribution in [2.45, 2.75) is 50.7 Å². The number of amides is 1. The van der Waals surface area contributed by atoms with E-state index < -0.39 is 23.0 Å². The molecule has 0 aromatic heterocycles. The van der Waals surface area contributed by atoms with E-state index in [0.717, 1.165) is 5.56 Å². The molecule has 1 aromatic carbocycles. The molecular formula is C17H21NO4. The average molecular weight is 303 g/mol. The van der Waals surface area contributed by atoms with E-state index >= 15 is 0 Å². The largest absolute Gasteiger partial charge is 0.465 e. The third kappa shape index (κ3) is 1.75. The Morgan fingerprint density at radius 3 is 2.77 bits per heavy atom. The number of aliphatic hydroxyl groups is 1. The molecule has 5 heteroatoms. The van der Waals surface area contributed by atoms with Gasteiger partial charge in [0.2, 0.25) is 5.91 Å². The Morgan fingerprint density at radius 1 is 1.41 bits per heavy atom. The normalized spacial score (nSPS) is 33.4. The minimum absolute atomic E-state index is 0.0618. The predicted octanol–water partition coefficient (Wildman–Crippen LogP) is 1.98. The second-order valence-corrected chi connectivity index (χ2v) is 6.39. The molecule has 0 aliphatic carbocycles. The summed E-state index contributed by atoms with van der Waals surface area (Å²) in [5, 5.41) is 11.0. The van der Waals surface area contributed by atoms with E-state index in [1.54, 1.807) is 25.7 Å². The van der Waals surface area contributed by atoms with Crippen LogP contribution in [0.5, 0.6) is 0 Å². The average Bonchev–Trinajstić information content (AvgIpc) is 2.74. The zero-order valence-electron chi connectivity index (χ0n) is 13.1. The molecule has 0 saturated carbocycles. The lowest BCUT2D eigenvalue weighted by molar-refractivity contribution is -0.152. The molecule has 2 aliphatic heterocycles. The number of esters is 1. The lowest BCUT2D eigenvalue weighted by atomic mass is 9.68. The highest BCUT2D eigenvalue weighted by Gasteiger charge is 2.64. The van der Waals surface area contributed by atoms with Crippen LogP contribution in [-0.4, -0.2) is 34.7 Å². The van der Waals surface area contributed by atoms with Crippen molar-refractivity contribution in [3.63, 3.8) is 0 Å². The number of ether oxygens (including phenoxy) is 1. The molecule has 1 fully saturated rings. The molecule has 5 nitrogen and oxygen atoms in total. The van der Waals surface area contributed by atoms with Crippen molar-refractivity contribution in [1.29, 1.82) is 0 Å². The molecule has 1 aromatic rings. The Kier molecular flexibility index (Phi) is 3.29. The van der Waals surface area contributed by atoms with Gasteiger partial charge in [0.05, 0.1) is 17.7 Å². The Balaban J connectivity index is 2.23. The summed E-state index contributed by atoms with van der Waals surface area (Å²) in [6.45, 7) is 5.50. The Morgan fingerprint density at radius 2 is 2.09 bits per heavy atom. The molecule has 0 unspecified atom stereocenters. The molecule has 0 radical (unpaired) electrons. The molecule has 118 valence electrons. The van der Waals surface area contributed by atoms with Gasteiger partial charge in [-0.05, 0) is 38.8 Å². The molecule has 3 atom stereocenters. The molecule has 2 heterocycles. The first-order valence-corrected chi connectivity index (χ1v) is 7.65. The van der Waals surface area contributed by atoms with Crippen LogP contribution in [0.4, 0.5) is 5.69 Å². The summed E-state index contributed by atoms with van der Waals surface area (Å²) < 4.78 is 5.24. The third-order valence-corrected chi connectivity index (χ3v) is 5.20. The maximum Gasteiger partial charge on any atom is 0.316 e. The number of hydrogen-bond donors (Lipinski definition) is 1. The first-order valence-electron chi connectivity index (χ1n) is 7.65. The van der Waals surface area contributed by atoms with Crippen molar-refractivity contribution in [2.75, 3.05) is 11.5 Å². The second-order valence-electron chi connectivity index (χ2n) is 6.39. The van der Waals surface area contributed by atoms with Crippen LogP contribution in [0.25, 0.3) is 0 Å². The highest BCUT2D eigenvalue weighted by Crippen LogP contribution is 2.56. The van der Waals surface area contributed by atoms with E-state index in [4.69, 9.17) is 4.74 Å². The van der Waals surface area contributed by atoms with Crippen molar-refractivity contribution in [1.82, 2.24) is 0 Å². The Hall–Kier alpha value is -1.88. The quantitative estimate of drug-likeness (QED) is 0.848. The topological polar surface area (TPSA) is 66.8 Å². The van der Waals surface area contributed by atoms with Gasteiger partial charge in [-0.3, -0.25) is 9.59 Å². The van der Waals surface area contributed by atoms with Gasteiger partial charge in [0, 0.05) is 12.1 Å². The number of hydrogen-bond acceptors (Lipinski definition) is 4. The number of benzene rings is 1. The molecule has 1 amide bonds. The fourth-order valence-corrected chi connectivity index (χ4v) is 3.86. The molecule has 1 N–H and O–H groups in total. The summed E-state index contributed by atoms with van der Waals surface area (Å²) in [4.78, 5) is 26.7. The van der Waals surface area contributed by atoms with Gasteiger partial charge < -0.3 is 14.7 Å². The lowest BCUT2D eigenvalue weighted by Gasteiger charge is -2.51. The van der Waals surface area contributed by atoms with Crippen molar-refractivity contribution in [3.8, 4) is 0 Å². The SMILES string of the molecule is CCOC(=O)[C@@H]1c2ccccc2N2C(=O)CC[C@](C)(O)[C@@]12C. The van der Waals surface area contributed by atoms with Gasteiger partial charge in [-0.2, -0.15) is 0 Å². The molecule has 3 rings (SSSR count). The number of carbonyl (C=O) groups excluding carboxylic acids is 2. The zero-order chi connectivity index (χ0) is 16.1. The summed E-state index contributed by atoms with van der Waals surface area (Å²) >= 11 is 0. The third-order valence-electron chi connectivity index (χ3n) is 5.20. The summed E-state index contributed by atoms with van der Waals surface area (Å²) in [6, 6.07) is 7.34. The van der Waals surface area contributed by atoms with E-state index in [1.165, 1.54) is 0 Å². The highest BCUT2D eigenvalue weighted by atomic mass is 16.5. The van der Waals surface area contributed by atoms with Gasteiger partial charge in [-0.15, -0.1) is 0 Å². The number of piperidine rings is 1. The monoisotopic (exact) mass is 303 g/mol. The van der Waals surface area contributed by atoms with E-state index in [2.05, 4.69) is 0 Å². The van der Waals surface area contributed by atoms with Crippen molar-refractivity contribution in [2.24, 2.45) is 0 Å². The maximum atomic E-state index is 12.6. The van der Waals surface area contributed by atoms with E-state index in [-0.39, 0.29) is 18.9 Å². The summed E-state index contributed by atoms with van der Waals surface area (Å²) in [7, 11) is 0. The molecular weight excluding hydrogens is 282 g/mol. The van der Waals surface area contributed by atoms with Gasteiger partial charge in [0.25, 0.3) is 0 Å². The molecule has 0 spiro atoms. The minimum Gasteiger partial charge on any atom is -0.465 e. The first-order chi connectivity index (χ1) is 10.3. The first kappa shape index (κ1) is 15.0. The smallest absolute Gasteiger partial charge is 0.316 e. The van der Waals surface area contributed by atoms with Crippen LogP contribution in [0.3, 0.4) is 0 Å². The fourth-order valence-electron chi connectivity index (χ4n) is 3.86. The maximum absolute atomic E-state index is 12.6. The Bertz CT molecular complexity index is 639. The highest BCUT2D eigenvalue weighted by molar-refractivity contribution is 6.03.